The first kappa shape index (κ1) is 12.0. The average Bonchev–Trinajstić information content (AvgIpc) is 2.81. The SMILES string of the molecule is Fc1ccc2c(c1)=CC(n1ccc3ccncc31)=NCC=2. The highest BCUT2D eigenvalue weighted by Crippen LogP contribution is 2.14. The normalized spacial score (nSPS) is 13.9. The number of fused-ring (bicyclic) bond motifs is 2. The first-order valence-electron chi connectivity index (χ1n) is 6.75. The molecule has 1 aliphatic rings. The third-order valence-electron chi connectivity index (χ3n) is 3.64. The molecule has 21 heavy (non-hydrogen) atoms. The minimum Gasteiger partial charge on any atom is -0.300 e. The van der Waals surface area contributed by atoms with Gasteiger partial charge in [-0.1, -0.05) is 12.1 Å². The standard InChI is InChI=1S/C17H12FN3/c18-15-2-1-12-4-7-20-17(10-14(12)9-15)21-8-5-13-3-6-19-11-16(13)21/h1-6,8-11H,7H2. The Morgan fingerprint density at radius 3 is 3.00 bits per heavy atom. The van der Waals surface area contributed by atoms with E-state index in [9.17, 15) is 4.39 Å². The van der Waals surface area contributed by atoms with Gasteiger partial charge in [-0.15, -0.1) is 0 Å². The van der Waals surface area contributed by atoms with E-state index in [1.165, 1.54) is 12.1 Å². The molecule has 3 aromatic rings. The maximum Gasteiger partial charge on any atom is 0.133 e. The van der Waals surface area contributed by atoms with Crippen molar-refractivity contribution in [1.82, 2.24) is 9.55 Å². The summed E-state index contributed by atoms with van der Waals surface area (Å²) in [6, 6.07) is 8.78. The smallest absolute Gasteiger partial charge is 0.133 e. The van der Waals surface area contributed by atoms with Crippen LogP contribution < -0.4 is 10.4 Å². The average molecular weight is 277 g/mol. The van der Waals surface area contributed by atoms with Gasteiger partial charge in [-0.3, -0.25) is 14.5 Å². The van der Waals surface area contributed by atoms with Crippen LogP contribution in [0, 0.1) is 5.82 Å². The van der Waals surface area contributed by atoms with E-state index in [0.29, 0.717) is 6.54 Å². The zero-order valence-electron chi connectivity index (χ0n) is 11.2. The molecule has 0 bridgehead atoms. The van der Waals surface area contributed by atoms with Crippen LogP contribution in [0.1, 0.15) is 0 Å². The molecule has 1 aromatic carbocycles. The Bertz CT molecular complexity index is 983. The molecule has 102 valence electrons. The largest absolute Gasteiger partial charge is 0.300 e. The first-order valence-corrected chi connectivity index (χ1v) is 6.75. The van der Waals surface area contributed by atoms with E-state index in [1.807, 2.05) is 41.2 Å². The number of aromatic nitrogens is 2. The van der Waals surface area contributed by atoms with Crippen molar-refractivity contribution in [2.75, 3.05) is 6.54 Å². The molecule has 4 heteroatoms. The second-order valence-electron chi connectivity index (χ2n) is 4.94. The van der Waals surface area contributed by atoms with Crippen LogP contribution in [-0.4, -0.2) is 21.9 Å². The lowest BCUT2D eigenvalue weighted by Gasteiger charge is -2.04. The summed E-state index contributed by atoms with van der Waals surface area (Å²) < 4.78 is 15.4. The van der Waals surface area contributed by atoms with Crippen molar-refractivity contribution in [1.29, 1.82) is 0 Å². The predicted octanol–water partition coefficient (Wildman–Crippen LogP) is 1.70. The Morgan fingerprint density at radius 1 is 1.10 bits per heavy atom. The maximum absolute atomic E-state index is 13.5. The van der Waals surface area contributed by atoms with E-state index >= 15 is 0 Å². The Morgan fingerprint density at radius 2 is 2.05 bits per heavy atom. The van der Waals surface area contributed by atoms with Crippen LogP contribution in [0.2, 0.25) is 0 Å². The molecule has 0 saturated heterocycles. The number of nitrogens with zero attached hydrogens (tertiary/aromatic N) is 3. The summed E-state index contributed by atoms with van der Waals surface area (Å²) in [5.74, 6) is 0.553. The summed E-state index contributed by atoms with van der Waals surface area (Å²) in [6.45, 7) is 0.574. The van der Waals surface area contributed by atoms with Gasteiger partial charge in [-0.05, 0) is 40.8 Å². The Hall–Kier alpha value is -2.75. The van der Waals surface area contributed by atoms with Crippen LogP contribution in [0.5, 0.6) is 0 Å². The van der Waals surface area contributed by atoms with Gasteiger partial charge in [0.2, 0.25) is 0 Å². The van der Waals surface area contributed by atoms with E-state index in [1.54, 1.807) is 12.3 Å². The molecular formula is C17H12FN3. The zero-order chi connectivity index (χ0) is 14.2. The topological polar surface area (TPSA) is 30.2 Å². The summed E-state index contributed by atoms with van der Waals surface area (Å²) in [6.07, 6.45) is 9.46. The second kappa shape index (κ2) is 4.66. The van der Waals surface area contributed by atoms with Gasteiger partial charge in [0.15, 0.2) is 0 Å². The lowest BCUT2D eigenvalue weighted by atomic mass is 10.2. The predicted molar refractivity (Wildman–Crippen MR) is 82.0 cm³/mol. The van der Waals surface area contributed by atoms with Gasteiger partial charge in [-0.2, -0.15) is 0 Å². The van der Waals surface area contributed by atoms with Crippen molar-refractivity contribution in [2.24, 2.45) is 4.99 Å². The minimum atomic E-state index is -0.237. The zero-order valence-corrected chi connectivity index (χ0v) is 11.2. The first-order chi connectivity index (χ1) is 10.3. The highest BCUT2D eigenvalue weighted by atomic mass is 19.1. The van der Waals surface area contributed by atoms with Gasteiger partial charge < -0.3 is 0 Å². The van der Waals surface area contributed by atoms with Crippen LogP contribution in [0.25, 0.3) is 23.1 Å². The molecule has 0 unspecified atom stereocenters. The number of benzene rings is 1. The molecule has 0 radical (unpaired) electrons. The van der Waals surface area contributed by atoms with Gasteiger partial charge >= 0.3 is 0 Å². The lowest BCUT2D eigenvalue weighted by molar-refractivity contribution is 0.626. The second-order valence-corrected chi connectivity index (χ2v) is 4.94. The molecule has 0 fully saturated rings. The summed E-state index contributed by atoms with van der Waals surface area (Å²) in [7, 11) is 0. The minimum absolute atomic E-state index is 0.237. The van der Waals surface area contributed by atoms with E-state index in [-0.39, 0.29) is 5.82 Å². The Labute approximate surface area is 120 Å². The quantitative estimate of drug-likeness (QED) is 0.615. The number of aliphatic imine (C=N–C) groups is 1. The molecular weight excluding hydrogens is 265 g/mol. The van der Waals surface area contributed by atoms with Gasteiger partial charge in [0.25, 0.3) is 0 Å². The summed E-state index contributed by atoms with van der Waals surface area (Å²) >= 11 is 0. The van der Waals surface area contributed by atoms with Crippen molar-refractivity contribution in [3.63, 3.8) is 0 Å². The summed E-state index contributed by atoms with van der Waals surface area (Å²) in [5.41, 5.74) is 0.993. The van der Waals surface area contributed by atoms with E-state index in [0.717, 1.165) is 27.2 Å². The van der Waals surface area contributed by atoms with Crippen molar-refractivity contribution < 1.29 is 4.39 Å². The van der Waals surface area contributed by atoms with Gasteiger partial charge in [-0.25, -0.2) is 4.39 Å². The molecule has 0 amide bonds. The number of halogens is 1. The Kier molecular flexibility index (Phi) is 2.67. The fraction of sp³-hybridized carbons (Fsp3) is 0.0588. The number of rotatable bonds is 0. The van der Waals surface area contributed by atoms with Crippen LogP contribution in [0.4, 0.5) is 4.39 Å². The molecule has 2 aromatic heterocycles. The molecule has 3 nitrogen and oxygen atoms in total. The monoisotopic (exact) mass is 277 g/mol. The van der Waals surface area contributed by atoms with Crippen LogP contribution in [-0.2, 0) is 0 Å². The van der Waals surface area contributed by atoms with Crippen LogP contribution in [0.3, 0.4) is 0 Å². The number of hydrogen-bond donors (Lipinski definition) is 0. The van der Waals surface area contributed by atoms with E-state index in [2.05, 4.69) is 9.98 Å². The molecule has 0 spiro atoms. The Balaban J connectivity index is 1.95. The van der Waals surface area contributed by atoms with Crippen molar-refractivity contribution in [3.8, 4) is 0 Å². The maximum atomic E-state index is 13.5. The molecule has 4 rings (SSSR count). The fourth-order valence-electron chi connectivity index (χ4n) is 2.60. The highest BCUT2D eigenvalue weighted by molar-refractivity contribution is 6.13. The number of hydrogen-bond acceptors (Lipinski definition) is 2. The molecule has 1 aliphatic heterocycles. The molecule has 0 saturated carbocycles. The van der Waals surface area contributed by atoms with Gasteiger partial charge in [0.05, 0.1) is 18.3 Å². The molecule has 3 heterocycles. The van der Waals surface area contributed by atoms with E-state index < -0.39 is 0 Å². The lowest BCUT2D eigenvalue weighted by Crippen LogP contribution is -2.26. The van der Waals surface area contributed by atoms with Gasteiger partial charge in [0.1, 0.15) is 11.7 Å². The van der Waals surface area contributed by atoms with E-state index in [4.69, 9.17) is 0 Å². The molecule has 0 atom stereocenters. The fourth-order valence-corrected chi connectivity index (χ4v) is 2.60. The third kappa shape index (κ3) is 2.05. The van der Waals surface area contributed by atoms with Crippen LogP contribution >= 0.6 is 0 Å². The molecule has 0 N–H and O–H groups in total. The molecule has 0 aliphatic carbocycles. The van der Waals surface area contributed by atoms with Crippen LogP contribution in [0.15, 0.2) is 53.9 Å². The third-order valence-corrected chi connectivity index (χ3v) is 3.64. The van der Waals surface area contributed by atoms with Crippen molar-refractivity contribution in [3.05, 3.63) is 65.2 Å². The summed E-state index contributed by atoms with van der Waals surface area (Å²) in [4.78, 5) is 8.74. The summed E-state index contributed by atoms with van der Waals surface area (Å²) in [5, 5.41) is 2.95. The number of pyridine rings is 1. The highest BCUT2D eigenvalue weighted by Gasteiger charge is 2.06. The van der Waals surface area contributed by atoms with Crippen molar-refractivity contribution in [2.45, 2.75) is 0 Å². The van der Waals surface area contributed by atoms with Crippen molar-refractivity contribution >= 4 is 28.9 Å². The van der Waals surface area contributed by atoms with Gasteiger partial charge in [0, 0.05) is 17.8 Å².